The van der Waals surface area contributed by atoms with E-state index in [4.69, 9.17) is 0 Å². The van der Waals surface area contributed by atoms with Crippen molar-refractivity contribution >= 4 is 0 Å². The van der Waals surface area contributed by atoms with Crippen molar-refractivity contribution in [2.75, 3.05) is 0 Å². The molecule has 1 aromatic heterocycles. The molecular weight excluding hydrogens is 218 g/mol. The van der Waals surface area contributed by atoms with Crippen LogP contribution in [-0.2, 0) is 5.54 Å². The van der Waals surface area contributed by atoms with Crippen LogP contribution in [0, 0.1) is 31.6 Å². The zero-order chi connectivity index (χ0) is 12.3. The summed E-state index contributed by atoms with van der Waals surface area (Å²) in [5, 5.41) is 0. The first-order valence-corrected chi connectivity index (χ1v) is 7.64. The minimum absolute atomic E-state index is 0.493. The number of hydrogen-bond donors (Lipinski definition) is 0. The smallest absolute Gasteiger partial charge is 0.172 e. The van der Waals surface area contributed by atoms with Crippen LogP contribution in [0.3, 0.4) is 0 Å². The van der Waals surface area contributed by atoms with E-state index in [0.29, 0.717) is 5.54 Å². The van der Waals surface area contributed by atoms with E-state index in [9.17, 15) is 0 Å². The highest BCUT2D eigenvalue weighted by atomic mass is 15.0. The van der Waals surface area contributed by atoms with Gasteiger partial charge < -0.3 is 0 Å². The summed E-state index contributed by atoms with van der Waals surface area (Å²) in [5.41, 5.74) is 3.37. The van der Waals surface area contributed by atoms with Crippen LogP contribution in [0.15, 0.2) is 18.5 Å². The second-order valence-electron chi connectivity index (χ2n) is 7.36. The molecule has 0 aliphatic heterocycles. The van der Waals surface area contributed by atoms with Crippen LogP contribution >= 0.6 is 0 Å². The fourth-order valence-corrected chi connectivity index (χ4v) is 5.35. The molecule has 4 fully saturated rings. The third-order valence-electron chi connectivity index (χ3n) is 5.99. The van der Waals surface area contributed by atoms with Gasteiger partial charge in [0.15, 0.2) is 17.9 Å². The van der Waals surface area contributed by atoms with Crippen LogP contribution in [0.25, 0.3) is 0 Å². The lowest BCUT2D eigenvalue weighted by Crippen LogP contribution is -2.64. The molecule has 0 radical (unpaired) electrons. The standard InChI is InChI=1S/C17H24N/c1-12-3-4-18(11-13(12)2)17-8-14-5-15(9-17)7-16(6-14)10-17/h3-4,11,14-16H,5-10H2,1-2H3/q+1. The van der Waals surface area contributed by atoms with Gasteiger partial charge in [-0.15, -0.1) is 0 Å². The van der Waals surface area contributed by atoms with Gasteiger partial charge >= 0.3 is 0 Å². The first kappa shape index (κ1) is 11.0. The zero-order valence-electron chi connectivity index (χ0n) is 11.7. The van der Waals surface area contributed by atoms with Crippen molar-refractivity contribution in [3.05, 3.63) is 29.6 Å². The van der Waals surface area contributed by atoms with Gasteiger partial charge in [-0.1, -0.05) is 0 Å². The molecule has 96 valence electrons. The number of pyridine rings is 1. The average Bonchev–Trinajstić information content (AvgIpc) is 2.31. The topological polar surface area (TPSA) is 3.88 Å². The quantitative estimate of drug-likeness (QED) is 0.663. The van der Waals surface area contributed by atoms with Gasteiger partial charge in [-0.2, -0.15) is 4.57 Å². The summed E-state index contributed by atoms with van der Waals surface area (Å²) in [6, 6.07) is 2.31. The predicted molar refractivity (Wildman–Crippen MR) is 72.3 cm³/mol. The second kappa shape index (κ2) is 3.59. The third kappa shape index (κ3) is 1.49. The highest BCUT2D eigenvalue weighted by Crippen LogP contribution is 2.56. The van der Waals surface area contributed by atoms with Gasteiger partial charge in [0.1, 0.15) is 0 Å². The Morgan fingerprint density at radius 3 is 2.00 bits per heavy atom. The van der Waals surface area contributed by atoms with Crippen LogP contribution in [0.2, 0.25) is 0 Å². The maximum atomic E-state index is 2.60. The van der Waals surface area contributed by atoms with Crippen molar-refractivity contribution in [3.63, 3.8) is 0 Å². The first-order chi connectivity index (χ1) is 8.64. The fraction of sp³-hybridized carbons (Fsp3) is 0.706. The maximum Gasteiger partial charge on any atom is 0.172 e. The molecule has 1 nitrogen and oxygen atoms in total. The summed E-state index contributed by atoms with van der Waals surface area (Å²) >= 11 is 0. The largest absolute Gasteiger partial charge is 0.200 e. The molecule has 0 saturated heterocycles. The van der Waals surface area contributed by atoms with E-state index in [1.54, 1.807) is 0 Å². The lowest BCUT2D eigenvalue weighted by atomic mass is 9.53. The zero-order valence-corrected chi connectivity index (χ0v) is 11.7. The first-order valence-electron chi connectivity index (χ1n) is 7.64. The summed E-state index contributed by atoms with van der Waals surface area (Å²) in [7, 11) is 0. The van der Waals surface area contributed by atoms with Gasteiger partial charge in [-0.3, -0.25) is 0 Å². The highest BCUT2D eigenvalue weighted by molar-refractivity contribution is 5.17. The number of hydrogen-bond acceptors (Lipinski definition) is 0. The number of aromatic nitrogens is 1. The van der Waals surface area contributed by atoms with Crippen LogP contribution in [0.5, 0.6) is 0 Å². The second-order valence-corrected chi connectivity index (χ2v) is 7.36. The Hall–Kier alpha value is -0.850. The minimum Gasteiger partial charge on any atom is -0.200 e. The third-order valence-corrected chi connectivity index (χ3v) is 5.99. The fourth-order valence-electron chi connectivity index (χ4n) is 5.35. The average molecular weight is 242 g/mol. The molecule has 4 aliphatic rings. The predicted octanol–water partition coefficient (Wildman–Crippen LogP) is 3.52. The van der Waals surface area contributed by atoms with E-state index in [1.807, 2.05) is 0 Å². The Balaban J connectivity index is 1.76. The molecule has 4 bridgehead atoms. The van der Waals surface area contributed by atoms with Crippen molar-refractivity contribution in [1.82, 2.24) is 0 Å². The van der Waals surface area contributed by atoms with Gasteiger partial charge in [0.25, 0.3) is 0 Å². The van der Waals surface area contributed by atoms with Gasteiger partial charge in [-0.05, 0) is 56.4 Å². The molecule has 0 aromatic carbocycles. The molecule has 5 rings (SSSR count). The van der Waals surface area contributed by atoms with Crippen LogP contribution < -0.4 is 4.57 Å². The normalized spacial score (nSPS) is 41.3. The van der Waals surface area contributed by atoms with E-state index in [0.717, 1.165) is 17.8 Å². The van der Waals surface area contributed by atoms with E-state index in [-0.39, 0.29) is 0 Å². The van der Waals surface area contributed by atoms with Crippen LogP contribution in [0.1, 0.15) is 49.7 Å². The molecule has 4 saturated carbocycles. The summed E-state index contributed by atoms with van der Waals surface area (Å²) < 4.78 is 2.60. The molecule has 1 heterocycles. The SMILES string of the molecule is Cc1cc[n+](C23CC4CC(CC(C4)C2)C3)cc1C. The van der Waals surface area contributed by atoms with Crippen LogP contribution in [0.4, 0.5) is 0 Å². The molecular formula is C17H24N+. The lowest BCUT2D eigenvalue weighted by molar-refractivity contribution is -0.777. The summed E-state index contributed by atoms with van der Waals surface area (Å²) in [6.07, 6.45) is 13.7. The van der Waals surface area contributed by atoms with Crippen molar-refractivity contribution in [3.8, 4) is 0 Å². The Kier molecular flexibility index (Phi) is 2.19. The van der Waals surface area contributed by atoms with E-state index in [2.05, 4.69) is 36.9 Å². The molecule has 0 amide bonds. The Morgan fingerprint density at radius 1 is 0.944 bits per heavy atom. The molecule has 0 N–H and O–H groups in total. The maximum absolute atomic E-state index is 2.60. The molecule has 18 heavy (non-hydrogen) atoms. The number of rotatable bonds is 1. The molecule has 0 unspecified atom stereocenters. The molecule has 1 heteroatoms. The van der Waals surface area contributed by atoms with E-state index in [1.165, 1.54) is 49.7 Å². The van der Waals surface area contributed by atoms with Crippen molar-refractivity contribution in [2.45, 2.75) is 57.9 Å². The summed E-state index contributed by atoms with van der Waals surface area (Å²) in [4.78, 5) is 0. The minimum atomic E-state index is 0.493. The molecule has 4 aliphatic carbocycles. The van der Waals surface area contributed by atoms with Gasteiger partial charge in [0.05, 0.1) is 0 Å². The highest BCUT2D eigenvalue weighted by Gasteiger charge is 2.56. The van der Waals surface area contributed by atoms with Gasteiger partial charge in [0, 0.05) is 30.9 Å². The number of nitrogens with zero attached hydrogens (tertiary/aromatic N) is 1. The Morgan fingerprint density at radius 2 is 1.50 bits per heavy atom. The van der Waals surface area contributed by atoms with Crippen molar-refractivity contribution in [1.29, 1.82) is 0 Å². The molecule has 0 spiro atoms. The van der Waals surface area contributed by atoms with Crippen molar-refractivity contribution in [2.24, 2.45) is 17.8 Å². The molecule has 1 aromatic rings. The molecule has 0 atom stereocenters. The lowest BCUT2D eigenvalue weighted by Gasteiger charge is -2.53. The van der Waals surface area contributed by atoms with E-state index >= 15 is 0 Å². The Bertz CT molecular complexity index is 453. The Labute approximate surface area is 110 Å². The van der Waals surface area contributed by atoms with Gasteiger partial charge in [-0.25, -0.2) is 0 Å². The number of aryl methyl sites for hydroxylation is 2. The summed E-state index contributed by atoms with van der Waals surface area (Å²) in [6.45, 7) is 4.48. The van der Waals surface area contributed by atoms with Gasteiger partial charge in [0.2, 0.25) is 0 Å². The monoisotopic (exact) mass is 242 g/mol. The van der Waals surface area contributed by atoms with E-state index < -0.39 is 0 Å². The van der Waals surface area contributed by atoms with Crippen molar-refractivity contribution < 1.29 is 4.57 Å². The van der Waals surface area contributed by atoms with Crippen LogP contribution in [-0.4, -0.2) is 0 Å². The summed E-state index contributed by atoms with van der Waals surface area (Å²) in [5.74, 6) is 3.10.